The van der Waals surface area contributed by atoms with E-state index in [0.717, 1.165) is 19.3 Å². The molecule has 26 heavy (non-hydrogen) atoms. The van der Waals surface area contributed by atoms with Crippen molar-refractivity contribution in [3.63, 3.8) is 0 Å². The molecule has 0 radical (unpaired) electrons. The van der Waals surface area contributed by atoms with Crippen molar-refractivity contribution in [3.05, 3.63) is 24.3 Å². The average molecular weight is 402 g/mol. The molecule has 0 bridgehead atoms. The molecule has 1 aromatic rings. The minimum atomic E-state index is -3.64. The lowest BCUT2D eigenvalue weighted by atomic mass is 10.2. The van der Waals surface area contributed by atoms with Crippen LogP contribution in [-0.2, 0) is 20.8 Å². The first-order chi connectivity index (χ1) is 12.3. The molecule has 1 heterocycles. The van der Waals surface area contributed by atoms with Gasteiger partial charge in [-0.1, -0.05) is 18.6 Å². The fourth-order valence-electron chi connectivity index (χ4n) is 2.84. The molecule has 0 spiro atoms. The van der Waals surface area contributed by atoms with Crippen LogP contribution in [0.2, 0.25) is 0 Å². The molecule has 2 N–H and O–H groups in total. The van der Waals surface area contributed by atoms with E-state index in [1.807, 2.05) is 6.92 Å². The van der Waals surface area contributed by atoms with Gasteiger partial charge in [0, 0.05) is 41.9 Å². The Morgan fingerprint density at radius 1 is 1.23 bits per heavy atom. The van der Waals surface area contributed by atoms with Gasteiger partial charge < -0.3 is 10.6 Å². The maximum absolute atomic E-state index is 12.9. The van der Waals surface area contributed by atoms with E-state index >= 15 is 0 Å². The summed E-state index contributed by atoms with van der Waals surface area (Å²) in [6.45, 7) is 2.84. The van der Waals surface area contributed by atoms with Crippen molar-refractivity contribution in [2.45, 2.75) is 43.5 Å². The lowest BCUT2D eigenvalue weighted by Gasteiger charge is -2.27. The number of hydrogen-bond acceptors (Lipinski definition) is 4. The average Bonchev–Trinajstić information content (AvgIpc) is 2.61. The van der Waals surface area contributed by atoms with Gasteiger partial charge in [0.2, 0.25) is 10.0 Å². The molecular formula is C17H27N3O4S2. The summed E-state index contributed by atoms with van der Waals surface area (Å²) in [5, 5.41) is 5.39. The summed E-state index contributed by atoms with van der Waals surface area (Å²) in [6, 6.07) is 5.81. The third-order valence-electron chi connectivity index (χ3n) is 4.28. The first-order valence-corrected chi connectivity index (χ1v) is 11.9. The Balaban J connectivity index is 2.08. The highest BCUT2D eigenvalue weighted by Gasteiger charge is 2.28. The highest BCUT2D eigenvalue weighted by Crippen LogP contribution is 2.26. The summed E-state index contributed by atoms with van der Waals surface area (Å²) in [5.41, 5.74) is 0.266. The highest BCUT2D eigenvalue weighted by molar-refractivity contribution is 7.89. The van der Waals surface area contributed by atoms with Crippen LogP contribution in [0.4, 0.5) is 10.5 Å². The number of para-hydroxylation sites is 1. The number of sulfonamides is 1. The Morgan fingerprint density at radius 2 is 1.88 bits per heavy atom. The third kappa shape index (κ3) is 5.78. The molecule has 1 aromatic carbocycles. The van der Waals surface area contributed by atoms with Crippen LogP contribution in [0.1, 0.15) is 32.6 Å². The van der Waals surface area contributed by atoms with Gasteiger partial charge in [-0.2, -0.15) is 4.31 Å². The topological polar surface area (TPSA) is 95.6 Å². The second-order valence-corrected chi connectivity index (χ2v) is 9.99. The predicted molar refractivity (Wildman–Crippen MR) is 104 cm³/mol. The molecule has 1 aliphatic heterocycles. The van der Waals surface area contributed by atoms with Gasteiger partial charge in [0.1, 0.15) is 4.90 Å². The van der Waals surface area contributed by atoms with E-state index in [9.17, 15) is 17.4 Å². The van der Waals surface area contributed by atoms with Crippen LogP contribution in [-0.4, -0.2) is 54.1 Å². The van der Waals surface area contributed by atoms with Crippen LogP contribution in [0.3, 0.4) is 0 Å². The first kappa shape index (κ1) is 20.9. The first-order valence-electron chi connectivity index (χ1n) is 8.77. The SMILES string of the molecule is CC(CCS(C)=O)NC(=O)Nc1ccccc1S(=O)(=O)N1CCCCC1. The number of nitrogens with one attached hydrogen (secondary N) is 2. The molecule has 2 rings (SSSR count). The van der Waals surface area contributed by atoms with Crippen molar-refractivity contribution in [1.82, 2.24) is 9.62 Å². The Morgan fingerprint density at radius 3 is 2.54 bits per heavy atom. The Bertz CT molecular complexity index is 746. The number of carbonyl (C=O) groups is 1. The second kappa shape index (κ2) is 9.48. The van der Waals surface area contributed by atoms with Crippen molar-refractivity contribution in [2.75, 3.05) is 30.4 Å². The van der Waals surface area contributed by atoms with E-state index < -0.39 is 26.9 Å². The number of carbonyl (C=O) groups excluding carboxylic acids is 1. The van der Waals surface area contributed by atoms with E-state index in [1.165, 1.54) is 10.4 Å². The molecule has 2 amide bonds. The van der Waals surface area contributed by atoms with Crippen LogP contribution >= 0.6 is 0 Å². The molecule has 1 saturated heterocycles. The summed E-state index contributed by atoms with van der Waals surface area (Å²) in [7, 11) is -4.55. The number of anilines is 1. The Hall–Kier alpha value is -1.45. The summed E-state index contributed by atoms with van der Waals surface area (Å²) in [5.74, 6) is 0.501. The van der Waals surface area contributed by atoms with Gasteiger partial charge in [0.25, 0.3) is 0 Å². The molecule has 7 nitrogen and oxygen atoms in total. The number of nitrogens with zero attached hydrogens (tertiary/aromatic N) is 1. The lowest BCUT2D eigenvalue weighted by Crippen LogP contribution is -2.38. The van der Waals surface area contributed by atoms with Gasteiger partial charge in [-0.05, 0) is 38.3 Å². The molecule has 1 fully saturated rings. The zero-order valence-corrected chi connectivity index (χ0v) is 16.9. The number of rotatable bonds is 7. The molecule has 2 atom stereocenters. The highest BCUT2D eigenvalue weighted by atomic mass is 32.2. The molecule has 0 aromatic heterocycles. The van der Waals surface area contributed by atoms with E-state index in [0.29, 0.717) is 25.3 Å². The molecule has 2 unspecified atom stereocenters. The van der Waals surface area contributed by atoms with E-state index in [-0.39, 0.29) is 16.6 Å². The van der Waals surface area contributed by atoms with Gasteiger partial charge in [-0.25, -0.2) is 13.2 Å². The summed E-state index contributed by atoms with van der Waals surface area (Å²) in [6.07, 6.45) is 4.95. The summed E-state index contributed by atoms with van der Waals surface area (Å²) >= 11 is 0. The van der Waals surface area contributed by atoms with E-state index in [1.54, 1.807) is 24.5 Å². The van der Waals surface area contributed by atoms with Crippen LogP contribution in [0.15, 0.2) is 29.2 Å². The van der Waals surface area contributed by atoms with Crippen molar-refractivity contribution in [1.29, 1.82) is 0 Å². The normalized spacial score (nSPS) is 18.1. The van der Waals surface area contributed by atoms with Gasteiger partial charge >= 0.3 is 6.03 Å². The van der Waals surface area contributed by atoms with Gasteiger partial charge in [0.15, 0.2) is 0 Å². The third-order valence-corrected chi connectivity index (χ3v) is 7.05. The minimum Gasteiger partial charge on any atom is -0.335 e. The van der Waals surface area contributed by atoms with E-state index in [2.05, 4.69) is 10.6 Å². The van der Waals surface area contributed by atoms with Crippen LogP contribution in [0, 0.1) is 0 Å². The molecule has 9 heteroatoms. The number of benzene rings is 1. The smallest absolute Gasteiger partial charge is 0.319 e. The number of hydrogen-bond donors (Lipinski definition) is 2. The molecule has 1 aliphatic rings. The minimum absolute atomic E-state index is 0.111. The number of amides is 2. The lowest BCUT2D eigenvalue weighted by molar-refractivity contribution is 0.249. The molecular weight excluding hydrogens is 374 g/mol. The van der Waals surface area contributed by atoms with Gasteiger partial charge in [-0.15, -0.1) is 0 Å². The fraction of sp³-hybridized carbons (Fsp3) is 0.588. The quantitative estimate of drug-likeness (QED) is 0.732. The van der Waals surface area contributed by atoms with Crippen molar-refractivity contribution in [2.24, 2.45) is 0 Å². The van der Waals surface area contributed by atoms with Crippen LogP contribution < -0.4 is 10.6 Å². The van der Waals surface area contributed by atoms with Gasteiger partial charge in [0.05, 0.1) is 5.69 Å². The fourth-order valence-corrected chi connectivity index (χ4v) is 5.19. The zero-order chi connectivity index (χ0) is 19.2. The Kier molecular flexibility index (Phi) is 7.60. The maximum atomic E-state index is 12.9. The maximum Gasteiger partial charge on any atom is 0.319 e. The van der Waals surface area contributed by atoms with Gasteiger partial charge in [-0.3, -0.25) is 4.21 Å². The van der Waals surface area contributed by atoms with Crippen molar-refractivity contribution < 1.29 is 17.4 Å². The summed E-state index contributed by atoms with van der Waals surface area (Å²) < 4.78 is 38.4. The predicted octanol–water partition coefficient (Wildman–Crippen LogP) is 2.14. The van der Waals surface area contributed by atoms with Crippen LogP contribution in [0.25, 0.3) is 0 Å². The molecule has 0 aliphatic carbocycles. The molecule has 146 valence electrons. The second-order valence-electron chi connectivity index (χ2n) is 6.53. The standard InChI is InChI=1S/C17H27N3O4S2/c1-14(10-13-25(2)22)18-17(21)19-15-8-4-5-9-16(15)26(23,24)20-11-6-3-7-12-20/h4-5,8-9,14H,3,6-7,10-13H2,1-2H3,(H2,18,19,21). The Labute approximate surface area is 158 Å². The molecule has 0 saturated carbocycles. The van der Waals surface area contributed by atoms with E-state index in [4.69, 9.17) is 0 Å². The summed E-state index contributed by atoms with van der Waals surface area (Å²) in [4.78, 5) is 12.3. The number of urea groups is 1. The van der Waals surface area contributed by atoms with Crippen molar-refractivity contribution >= 4 is 32.5 Å². The number of piperidine rings is 1. The van der Waals surface area contributed by atoms with Crippen LogP contribution in [0.5, 0.6) is 0 Å². The van der Waals surface area contributed by atoms with Crippen molar-refractivity contribution in [3.8, 4) is 0 Å². The largest absolute Gasteiger partial charge is 0.335 e. The zero-order valence-electron chi connectivity index (χ0n) is 15.2. The monoisotopic (exact) mass is 401 g/mol.